The van der Waals surface area contributed by atoms with Crippen molar-refractivity contribution in [1.82, 2.24) is 5.32 Å². The van der Waals surface area contributed by atoms with Gasteiger partial charge < -0.3 is 10.1 Å². The van der Waals surface area contributed by atoms with E-state index < -0.39 is 0 Å². The third-order valence-electron chi connectivity index (χ3n) is 2.84. The minimum absolute atomic E-state index is 0.152. The van der Waals surface area contributed by atoms with E-state index >= 15 is 0 Å². The van der Waals surface area contributed by atoms with Crippen LogP contribution in [0.5, 0.6) is 5.75 Å². The van der Waals surface area contributed by atoms with E-state index in [0.717, 1.165) is 0 Å². The first-order valence-corrected chi connectivity index (χ1v) is 7.43. The molecule has 116 valence electrons. The van der Waals surface area contributed by atoms with Gasteiger partial charge in [0.05, 0.1) is 17.4 Å². The van der Waals surface area contributed by atoms with Gasteiger partial charge in [0, 0.05) is 6.07 Å². The van der Waals surface area contributed by atoms with Gasteiger partial charge in [0.25, 0.3) is 0 Å². The molecule has 0 aliphatic rings. The highest BCUT2D eigenvalue weighted by atomic mass is 79.9. The second kappa shape index (κ2) is 7.89. The molecule has 3 nitrogen and oxygen atoms in total. The number of rotatable bonds is 6. The molecule has 0 aliphatic carbocycles. The van der Waals surface area contributed by atoms with Gasteiger partial charge >= 0.3 is 0 Å². The zero-order valence-electron chi connectivity index (χ0n) is 11.6. The Morgan fingerprint density at radius 3 is 2.73 bits per heavy atom. The zero-order valence-corrected chi connectivity index (χ0v) is 13.2. The Morgan fingerprint density at radius 1 is 1.18 bits per heavy atom. The van der Waals surface area contributed by atoms with Crippen LogP contribution in [-0.4, -0.2) is 19.1 Å². The Bertz CT molecular complexity index is 664. The summed E-state index contributed by atoms with van der Waals surface area (Å²) in [4.78, 5) is 11.7. The first-order valence-electron chi connectivity index (χ1n) is 6.63. The van der Waals surface area contributed by atoms with E-state index in [4.69, 9.17) is 4.74 Å². The summed E-state index contributed by atoms with van der Waals surface area (Å²) in [7, 11) is 0. The van der Waals surface area contributed by atoms with Crippen molar-refractivity contribution < 1.29 is 18.3 Å². The molecule has 2 aromatic rings. The van der Waals surface area contributed by atoms with E-state index in [2.05, 4.69) is 21.2 Å². The third-order valence-corrected chi connectivity index (χ3v) is 3.45. The van der Waals surface area contributed by atoms with Crippen LogP contribution in [0.15, 0.2) is 46.9 Å². The second-order valence-corrected chi connectivity index (χ2v) is 5.44. The maximum absolute atomic E-state index is 13.1. The molecule has 22 heavy (non-hydrogen) atoms. The van der Waals surface area contributed by atoms with Crippen LogP contribution >= 0.6 is 15.9 Å². The van der Waals surface area contributed by atoms with Gasteiger partial charge in [-0.05, 0) is 45.8 Å². The Hall–Kier alpha value is -1.95. The molecule has 0 saturated heterocycles. The van der Waals surface area contributed by atoms with Crippen molar-refractivity contribution in [1.29, 1.82) is 0 Å². The fraction of sp³-hybridized carbons (Fsp3) is 0.188. The van der Waals surface area contributed by atoms with Gasteiger partial charge in [-0.1, -0.05) is 12.1 Å². The maximum Gasteiger partial charge on any atom is 0.224 e. The van der Waals surface area contributed by atoms with Crippen LogP contribution in [-0.2, 0) is 11.2 Å². The smallest absolute Gasteiger partial charge is 0.224 e. The van der Waals surface area contributed by atoms with Crippen LogP contribution < -0.4 is 10.1 Å². The van der Waals surface area contributed by atoms with Gasteiger partial charge in [0.1, 0.15) is 24.0 Å². The van der Waals surface area contributed by atoms with Crippen LogP contribution in [0.4, 0.5) is 8.78 Å². The first kappa shape index (κ1) is 16.4. The van der Waals surface area contributed by atoms with Gasteiger partial charge in [-0.25, -0.2) is 8.78 Å². The average Bonchev–Trinajstić information content (AvgIpc) is 2.48. The molecule has 0 saturated carbocycles. The lowest BCUT2D eigenvalue weighted by Gasteiger charge is -2.08. The number of benzene rings is 2. The quantitative estimate of drug-likeness (QED) is 0.791. The molecule has 0 spiro atoms. The monoisotopic (exact) mass is 369 g/mol. The molecule has 0 aromatic heterocycles. The van der Waals surface area contributed by atoms with Crippen molar-refractivity contribution in [3.63, 3.8) is 0 Å². The average molecular weight is 370 g/mol. The summed E-state index contributed by atoms with van der Waals surface area (Å²) in [6, 6.07) is 10.2. The third kappa shape index (κ3) is 5.11. The summed E-state index contributed by atoms with van der Waals surface area (Å²) >= 11 is 3.07. The summed E-state index contributed by atoms with van der Waals surface area (Å²) in [6.45, 7) is 0.542. The fourth-order valence-corrected chi connectivity index (χ4v) is 2.24. The van der Waals surface area contributed by atoms with Crippen LogP contribution in [0, 0.1) is 11.6 Å². The molecule has 0 bridgehead atoms. The van der Waals surface area contributed by atoms with E-state index in [9.17, 15) is 13.6 Å². The molecular formula is C16H14BrF2NO2. The van der Waals surface area contributed by atoms with Gasteiger partial charge in [-0.2, -0.15) is 0 Å². The van der Waals surface area contributed by atoms with Crippen LogP contribution in [0.25, 0.3) is 0 Å². The maximum atomic E-state index is 13.1. The summed E-state index contributed by atoms with van der Waals surface area (Å²) in [6.07, 6.45) is 0.152. The summed E-state index contributed by atoms with van der Waals surface area (Å²) in [5, 5.41) is 2.68. The van der Waals surface area contributed by atoms with Crippen molar-refractivity contribution in [3.8, 4) is 5.75 Å². The highest BCUT2D eigenvalue weighted by molar-refractivity contribution is 9.10. The molecule has 0 unspecified atom stereocenters. The number of carbonyl (C=O) groups excluding carboxylic acids is 1. The largest absolute Gasteiger partial charge is 0.492 e. The van der Waals surface area contributed by atoms with E-state index in [-0.39, 0.29) is 30.6 Å². The summed E-state index contributed by atoms with van der Waals surface area (Å²) < 4.78 is 31.6. The molecule has 0 radical (unpaired) electrons. The van der Waals surface area contributed by atoms with Gasteiger partial charge in [-0.3, -0.25) is 4.79 Å². The van der Waals surface area contributed by atoms with Crippen molar-refractivity contribution in [2.24, 2.45) is 0 Å². The van der Waals surface area contributed by atoms with Crippen molar-refractivity contribution in [3.05, 3.63) is 64.1 Å². The normalized spacial score (nSPS) is 10.3. The predicted molar refractivity (Wildman–Crippen MR) is 82.7 cm³/mol. The zero-order chi connectivity index (χ0) is 15.9. The lowest BCUT2D eigenvalue weighted by atomic mass is 10.1. The van der Waals surface area contributed by atoms with Crippen molar-refractivity contribution >= 4 is 21.8 Å². The number of ether oxygens (including phenoxy) is 1. The van der Waals surface area contributed by atoms with Gasteiger partial charge in [0.15, 0.2) is 0 Å². The number of halogens is 3. The Kier molecular flexibility index (Phi) is 5.89. The van der Waals surface area contributed by atoms with E-state index in [1.54, 1.807) is 24.3 Å². The van der Waals surface area contributed by atoms with Gasteiger partial charge in [0.2, 0.25) is 5.91 Å². The molecule has 0 aliphatic heterocycles. The molecule has 2 aromatic carbocycles. The Morgan fingerprint density at radius 2 is 2.00 bits per heavy atom. The van der Waals surface area contributed by atoms with E-state index in [1.807, 2.05) is 0 Å². The molecule has 0 fully saturated rings. The molecule has 1 N–H and O–H groups in total. The first-order chi connectivity index (χ1) is 10.5. The van der Waals surface area contributed by atoms with Gasteiger partial charge in [-0.15, -0.1) is 0 Å². The van der Waals surface area contributed by atoms with E-state index in [0.29, 0.717) is 22.3 Å². The summed E-state index contributed by atoms with van der Waals surface area (Å²) in [5.41, 5.74) is 0.705. The number of carbonyl (C=O) groups is 1. The molecule has 1 amide bonds. The number of nitrogens with one attached hydrogen (secondary N) is 1. The molecule has 6 heteroatoms. The molecule has 2 rings (SSSR count). The number of hydrogen-bond donors (Lipinski definition) is 1. The summed E-state index contributed by atoms with van der Waals surface area (Å²) in [5.74, 6) is -0.519. The lowest BCUT2D eigenvalue weighted by Crippen LogP contribution is -2.29. The van der Waals surface area contributed by atoms with Crippen LogP contribution in [0.3, 0.4) is 0 Å². The molecule has 0 atom stereocenters. The van der Waals surface area contributed by atoms with Crippen molar-refractivity contribution in [2.75, 3.05) is 13.2 Å². The van der Waals surface area contributed by atoms with Crippen LogP contribution in [0.1, 0.15) is 5.56 Å². The topological polar surface area (TPSA) is 38.3 Å². The SMILES string of the molecule is O=C(Cc1ccc(F)c(Br)c1)NCCOc1cccc(F)c1. The lowest BCUT2D eigenvalue weighted by molar-refractivity contribution is -0.120. The van der Waals surface area contributed by atoms with E-state index in [1.165, 1.54) is 18.2 Å². The highest BCUT2D eigenvalue weighted by Crippen LogP contribution is 2.17. The molecular weight excluding hydrogens is 356 g/mol. The standard InChI is InChI=1S/C16H14BrF2NO2/c17-14-8-11(4-5-15(14)19)9-16(21)20-6-7-22-13-3-1-2-12(18)10-13/h1-5,8,10H,6-7,9H2,(H,20,21). The minimum Gasteiger partial charge on any atom is -0.492 e. The highest BCUT2D eigenvalue weighted by Gasteiger charge is 2.06. The minimum atomic E-state index is -0.372. The number of amides is 1. The Balaban J connectivity index is 1.72. The van der Waals surface area contributed by atoms with Crippen molar-refractivity contribution in [2.45, 2.75) is 6.42 Å². The predicted octanol–water partition coefficient (Wildman–Crippen LogP) is 3.47. The number of hydrogen-bond acceptors (Lipinski definition) is 2. The Labute approximate surface area is 135 Å². The van der Waals surface area contributed by atoms with Crippen LogP contribution in [0.2, 0.25) is 0 Å². The molecule has 0 heterocycles. The fourth-order valence-electron chi connectivity index (χ4n) is 1.81. The second-order valence-electron chi connectivity index (χ2n) is 4.58.